The topological polar surface area (TPSA) is 137 Å². The van der Waals surface area contributed by atoms with E-state index in [1.165, 1.54) is 24.4 Å². The molecule has 3 N–H and O–H groups in total. The van der Waals surface area contributed by atoms with Crippen LogP contribution in [0.15, 0.2) is 33.7 Å². The third-order valence-electron chi connectivity index (χ3n) is 3.26. The molecule has 0 radical (unpaired) electrons. The van der Waals surface area contributed by atoms with Crippen molar-refractivity contribution in [3.8, 4) is 11.5 Å². The van der Waals surface area contributed by atoms with E-state index >= 15 is 0 Å². The summed E-state index contributed by atoms with van der Waals surface area (Å²) >= 11 is 5.97. The minimum atomic E-state index is -3.46. The molecule has 0 fully saturated rings. The molecule has 0 spiro atoms. The van der Waals surface area contributed by atoms with E-state index in [0.29, 0.717) is 5.69 Å². The highest BCUT2D eigenvalue weighted by molar-refractivity contribution is 7.90. The second-order valence-corrected chi connectivity index (χ2v) is 7.67. The van der Waals surface area contributed by atoms with Gasteiger partial charge < -0.3 is 15.5 Å². The lowest BCUT2D eigenvalue weighted by Crippen LogP contribution is -2.03. The number of aromatic nitrogens is 4. The van der Waals surface area contributed by atoms with Gasteiger partial charge in [-0.1, -0.05) is 11.6 Å². The van der Waals surface area contributed by atoms with E-state index in [0.717, 1.165) is 6.26 Å². The number of rotatable bonds is 5. The van der Waals surface area contributed by atoms with Crippen molar-refractivity contribution in [2.45, 2.75) is 11.3 Å². The molecule has 2 heterocycles. The Labute approximate surface area is 156 Å². The largest absolute Gasteiger partial charge is 0.415 e. The molecule has 13 heteroatoms. The highest BCUT2D eigenvalue weighted by Crippen LogP contribution is 2.29. The fourth-order valence-electron chi connectivity index (χ4n) is 2.06. The van der Waals surface area contributed by atoms with E-state index in [-0.39, 0.29) is 33.1 Å². The molecule has 0 bridgehead atoms. The van der Waals surface area contributed by atoms with Gasteiger partial charge in [0.15, 0.2) is 9.84 Å². The highest BCUT2D eigenvalue weighted by atomic mass is 35.5. The molecule has 1 aromatic carbocycles. The molecule has 0 aliphatic carbocycles. The van der Waals surface area contributed by atoms with Crippen LogP contribution in [0, 0.1) is 0 Å². The maximum atomic E-state index is 12.5. The number of alkyl halides is 2. The standard InChI is InChI=1S/C14H11ClF2N6O3S/c1-27(24,25)9-3-2-6(4-8(9)15)20-14-19-5-7(11(18)21-14)12-22-23-13(26-12)10(16)17/h2-5,10H,1H3,(H3,18,19,20,21). The third kappa shape index (κ3) is 4.11. The van der Waals surface area contributed by atoms with Crippen molar-refractivity contribution >= 4 is 38.9 Å². The van der Waals surface area contributed by atoms with Gasteiger partial charge in [-0.05, 0) is 18.2 Å². The summed E-state index contributed by atoms with van der Waals surface area (Å²) in [6.45, 7) is 0. The number of halogens is 3. The van der Waals surface area contributed by atoms with Crippen molar-refractivity contribution in [3.05, 3.63) is 35.3 Å². The Bertz CT molecular complexity index is 1110. The zero-order valence-corrected chi connectivity index (χ0v) is 15.1. The van der Waals surface area contributed by atoms with Crippen LogP contribution >= 0.6 is 11.6 Å². The van der Waals surface area contributed by atoms with E-state index < -0.39 is 22.2 Å². The number of nitrogens with one attached hydrogen (secondary N) is 1. The van der Waals surface area contributed by atoms with Gasteiger partial charge in [-0.25, -0.2) is 13.4 Å². The highest BCUT2D eigenvalue weighted by Gasteiger charge is 2.19. The summed E-state index contributed by atoms with van der Waals surface area (Å²) in [6.07, 6.45) is -0.644. The molecule has 0 saturated carbocycles. The van der Waals surface area contributed by atoms with Gasteiger partial charge in [0, 0.05) is 18.1 Å². The first-order chi connectivity index (χ1) is 12.6. The van der Waals surface area contributed by atoms with E-state index in [2.05, 4.69) is 25.5 Å². The molecule has 27 heavy (non-hydrogen) atoms. The van der Waals surface area contributed by atoms with Crippen LogP contribution in [0.25, 0.3) is 11.5 Å². The lowest BCUT2D eigenvalue weighted by molar-refractivity contribution is 0.116. The molecule has 0 unspecified atom stereocenters. The van der Waals surface area contributed by atoms with E-state index in [4.69, 9.17) is 21.8 Å². The van der Waals surface area contributed by atoms with Crippen molar-refractivity contribution in [2.75, 3.05) is 17.3 Å². The Morgan fingerprint density at radius 3 is 2.59 bits per heavy atom. The molecular formula is C14H11ClF2N6O3S. The summed E-state index contributed by atoms with van der Waals surface area (Å²) in [5.74, 6) is -1.11. The van der Waals surface area contributed by atoms with Crippen molar-refractivity contribution in [1.29, 1.82) is 0 Å². The van der Waals surface area contributed by atoms with Gasteiger partial charge in [0.05, 0.1) is 15.5 Å². The van der Waals surface area contributed by atoms with Crippen LogP contribution in [0.5, 0.6) is 0 Å². The Balaban J connectivity index is 1.85. The van der Waals surface area contributed by atoms with Crippen LogP contribution < -0.4 is 11.1 Å². The van der Waals surface area contributed by atoms with Gasteiger partial charge in [0.2, 0.25) is 5.95 Å². The summed E-state index contributed by atoms with van der Waals surface area (Å²) in [6, 6.07) is 4.20. The molecule has 0 aliphatic heterocycles. The summed E-state index contributed by atoms with van der Waals surface area (Å²) < 4.78 is 53.0. The molecule has 0 aliphatic rings. The van der Waals surface area contributed by atoms with Crippen molar-refractivity contribution in [3.63, 3.8) is 0 Å². The smallest absolute Gasteiger partial charge is 0.314 e. The molecule has 142 valence electrons. The quantitative estimate of drug-likeness (QED) is 0.642. The fraction of sp³-hybridized carbons (Fsp3) is 0.143. The Morgan fingerprint density at radius 2 is 2.04 bits per heavy atom. The molecule has 0 atom stereocenters. The number of benzene rings is 1. The van der Waals surface area contributed by atoms with Crippen molar-refractivity contribution < 1.29 is 21.6 Å². The monoisotopic (exact) mass is 416 g/mol. The zero-order valence-electron chi connectivity index (χ0n) is 13.5. The van der Waals surface area contributed by atoms with Crippen LogP contribution in [0.2, 0.25) is 5.02 Å². The first-order valence-corrected chi connectivity index (χ1v) is 9.43. The Morgan fingerprint density at radius 1 is 1.30 bits per heavy atom. The van der Waals surface area contributed by atoms with Crippen molar-refractivity contribution in [1.82, 2.24) is 20.2 Å². The lowest BCUT2D eigenvalue weighted by Gasteiger charge is -2.08. The summed E-state index contributed by atoms with van der Waals surface area (Å²) in [4.78, 5) is 7.95. The van der Waals surface area contributed by atoms with Gasteiger partial charge >= 0.3 is 6.43 Å². The number of sulfone groups is 1. The number of nitrogens with two attached hydrogens (primary N) is 1. The first kappa shape index (κ1) is 18.9. The van der Waals surface area contributed by atoms with Gasteiger partial charge in [-0.15, -0.1) is 10.2 Å². The SMILES string of the molecule is CS(=O)(=O)c1ccc(Nc2ncc(-c3nnc(C(F)F)o3)c(N)n2)cc1Cl. The minimum Gasteiger partial charge on any atom is -0.415 e. The van der Waals surface area contributed by atoms with E-state index in [9.17, 15) is 17.2 Å². The van der Waals surface area contributed by atoms with Crippen LogP contribution in [0.1, 0.15) is 12.3 Å². The van der Waals surface area contributed by atoms with Gasteiger partial charge in [0.1, 0.15) is 5.82 Å². The predicted octanol–water partition coefficient (Wildman–Crippen LogP) is 2.85. The predicted molar refractivity (Wildman–Crippen MR) is 92.5 cm³/mol. The normalized spacial score (nSPS) is 11.7. The first-order valence-electron chi connectivity index (χ1n) is 7.16. The Hall–Kier alpha value is -2.86. The molecule has 2 aromatic heterocycles. The number of hydrogen-bond acceptors (Lipinski definition) is 9. The van der Waals surface area contributed by atoms with Crippen molar-refractivity contribution in [2.24, 2.45) is 0 Å². The summed E-state index contributed by atoms with van der Waals surface area (Å²) in [5, 5.41) is 9.50. The zero-order chi connectivity index (χ0) is 19.8. The molecule has 0 amide bonds. The van der Waals surface area contributed by atoms with Crippen LogP contribution in [-0.2, 0) is 9.84 Å². The van der Waals surface area contributed by atoms with E-state index in [1.54, 1.807) is 0 Å². The van der Waals surface area contributed by atoms with E-state index in [1.807, 2.05) is 0 Å². The lowest BCUT2D eigenvalue weighted by atomic mass is 10.3. The van der Waals surface area contributed by atoms with Crippen LogP contribution in [0.3, 0.4) is 0 Å². The van der Waals surface area contributed by atoms with Gasteiger partial charge in [0.25, 0.3) is 11.8 Å². The third-order valence-corrected chi connectivity index (χ3v) is 4.84. The fourth-order valence-corrected chi connectivity index (χ4v) is 3.39. The molecule has 3 rings (SSSR count). The second kappa shape index (κ2) is 7.04. The van der Waals surface area contributed by atoms with Crippen LogP contribution in [-0.4, -0.2) is 34.8 Å². The summed E-state index contributed by atoms with van der Waals surface area (Å²) in [7, 11) is -3.46. The average Bonchev–Trinajstić information content (AvgIpc) is 3.04. The van der Waals surface area contributed by atoms with Crippen LogP contribution in [0.4, 0.5) is 26.2 Å². The molecule has 3 aromatic rings. The molecule has 9 nitrogen and oxygen atoms in total. The average molecular weight is 417 g/mol. The number of nitrogens with zero attached hydrogens (tertiary/aromatic N) is 4. The maximum Gasteiger partial charge on any atom is 0.314 e. The number of nitrogen functional groups attached to an aromatic ring is 1. The maximum absolute atomic E-state index is 12.5. The molecular weight excluding hydrogens is 406 g/mol. The minimum absolute atomic E-state index is 0.0169. The second-order valence-electron chi connectivity index (χ2n) is 5.28. The molecule has 0 saturated heterocycles. The van der Waals surface area contributed by atoms with Gasteiger partial charge in [-0.3, -0.25) is 0 Å². The van der Waals surface area contributed by atoms with Gasteiger partial charge in [-0.2, -0.15) is 13.8 Å². The number of hydrogen-bond donors (Lipinski definition) is 2. The Kier molecular flexibility index (Phi) is 4.93. The number of anilines is 3. The summed E-state index contributed by atoms with van der Waals surface area (Å²) in [5.41, 5.74) is 6.29.